The molecule has 2 heterocycles. The number of allylic oxidation sites excluding steroid dienone is 1. The molecule has 128 valence electrons. The van der Waals surface area contributed by atoms with Crippen LogP contribution in [-0.2, 0) is 0 Å². The van der Waals surface area contributed by atoms with Gasteiger partial charge >= 0.3 is 0 Å². The highest BCUT2D eigenvalue weighted by atomic mass is 35.5. The van der Waals surface area contributed by atoms with E-state index in [1.54, 1.807) is 48.7 Å². The fourth-order valence-electron chi connectivity index (χ4n) is 2.90. The Morgan fingerprint density at radius 1 is 1.15 bits per heavy atom. The zero-order chi connectivity index (χ0) is 18.1. The van der Waals surface area contributed by atoms with Gasteiger partial charge in [0.1, 0.15) is 24.9 Å². The van der Waals surface area contributed by atoms with Crippen LogP contribution < -0.4 is 9.47 Å². The first-order chi connectivity index (χ1) is 12.7. The average Bonchev–Trinajstić information content (AvgIpc) is 3.08. The summed E-state index contributed by atoms with van der Waals surface area (Å²) in [5.74, 6) is 0.916. The Morgan fingerprint density at radius 2 is 1.96 bits per heavy atom. The van der Waals surface area contributed by atoms with Crippen molar-refractivity contribution >= 4 is 34.4 Å². The lowest BCUT2D eigenvalue weighted by Crippen LogP contribution is -2.15. The minimum Gasteiger partial charge on any atom is -0.486 e. The van der Waals surface area contributed by atoms with E-state index in [2.05, 4.69) is 4.98 Å². The molecule has 0 amide bonds. The second-order valence-corrected chi connectivity index (χ2v) is 6.23. The molecule has 0 fully saturated rings. The number of carbonyl (C=O) groups excluding carboxylic acids is 1. The number of nitriles is 1. The van der Waals surface area contributed by atoms with Crippen LogP contribution in [0.15, 0.2) is 48.2 Å². The molecule has 1 aromatic heterocycles. The average molecular weight is 365 g/mol. The second-order valence-electron chi connectivity index (χ2n) is 5.79. The van der Waals surface area contributed by atoms with Gasteiger partial charge in [-0.2, -0.15) is 5.26 Å². The van der Waals surface area contributed by atoms with E-state index in [1.807, 2.05) is 6.07 Å². The highest BCUT2D eigenvalue weighted by Gasteiger charge is 2.18. The number of rotatable bonds is 3. The SMILES string of the molecule is N#C/C(=C/c1ccc2c(c1)OCCO2)C(=O)c1c[nH]c2cc(Cl)ccc12. The monoisotopic (exact) mass is 364 g/mol. The minimum atomic E-state index is -0.351. The van der Waals surface area contributed by atoms with Crippen molar-refractivity contribution in [3.8, 4) is 17.6 Å². The number of hydrogen-bond acceptors (Lipinski definition) is 4. The topological polar surface area (TPSA) is 75.1 Å². The van der Waals surface area contributed by atoms with E-state index < -0.39 is 0 Å². The largest absolute Gasteiger partial charge is 0.486 e. The summed E-state index contributed by atoms with van der Waals surface area (Å²) in [6.45, 7) is 0.983. The number of H-pyrrole nitrogens is 1. The summed E-state index contributed by atoms with van der Waals surface area (Å²) in [4.78, 5) is 15.8. The van der Waals surface area contributed by atoms with Crippen LogP contribution in [0.5, 0.6) is 11.5 Å². The Hall–Kier alpha value is -3.23. The number of nitrogens with one attached hydrogen (secondary N) is 1. The molecule has 4 rings (SSSR count). The number of aromatic nitrogens is 1. The minimum absolute atomic E-state index is 0.0394. The summed E-state index contributed by atoms with van der Waals surface area (Å²) in [6, 6.07) is 12.5. The van der Waals surface area contributed by atoms with E-state index in [-0.39, 0.29) is 11.4 Å². The molecule has 0 unspecified atom stereocenters. The van der Waals surface area contributed by atoms with Crippen LogP contribution in [0, 0.1) is 11.3 Å². The molecule has 1 aliphatic rings. The lowest BCUT2D eigenvalue weighted by atomic mass is 10.0. The van der Waals surface area contributed by atoms with Crippen molar-refractivity contribution in [2.45, 2.75) is 0 Å². The molecule has 3 aromatic rings. The van der Waals surface area contributed by atoms with E-state index >= 15 is 0 Å². The number of ether oxygens (including phenoxy) is 2. The maximum atomic E-state index is 12.8. The van der Waals surface area contributed by atoms with Crippen molar-refractivity contribution in [2.24, 2.45) is 0 Å². The standard InChI is InChI=1S/C20H13ClN2O3/c21-14-2-3-15-16(11-23-17(15)9-14)20(24)13(10-22)7-12-1-4-18-19(8-12)26-6-5-25-18/h1-4,7-9,11,23H,5-6H2/b13-7-. The van der Waals surface area contributed by atoms with Gasteiger partial charge < -0.3 is 14.5 Å². The lowest BCUT2D eigenvalue weighted by Gasteiger charge is -2.18. The number of nitrogens with zero attached hydrogens (tertiary/aromatic N) is 1. The second kappa shape index (κ2) is 6.58. The molecule has 5 nitrogen and oxygen atoms in total. The molecule has 0 bridgehead atoms. The zero-order valence-corrected chi connectivity index (χ0v) is 14.3. The number of fused-ring (bicyclic) bond motifs is 2. The molecule has 0 aliphatic carbocycles. The van der Waals surface area contributed by atoms with Gasteiger partial charge in [0, 0.05) is 27.7 Å². The van der Waals surface area contributed by atoms with E-state index in [4.69, 9.17) is 21.1 Å². The highest BCUT2D eigenvalue weighted by molar-refractivity contribution is 6.31. The van der Waals surface area contributed by atoms with Crippen molar-refractivity contribution < 1.29 is 14.3 Å². The molecule has 0 saturated heterocycles. The van der Waals surface area contributed by atoms with Crippen LogP contribution in [0.1, 0.15) is 15.9 Å². The van der Waals surface area contributed by atoms with Crippen LogP contribution in [0.25, 0.3) is 17.0 Å². The van der Waals surface area contributed by atoms with Crippen molar-refractivity contribution in [2.75, 3.05) is 13.2 Å². The van der Waals surface area contributed by atoms with Crippen LogP contribution in [0.2, 0.25) is 5.02 Å². The molecule has 1 N–H and O–H groups in total. The maximum Gasteiger partial charge on any atom is 0.205 e. The van der Waals surface area contributed by atoms with Crippen molar-refractivity contribution in [3.05, 3.63) is 64.3 Å². The fourth-order valence-corrected chi connectivity index (χ4v) is 3.07. The molecule has 0 atom stereocenters. The van der Waals surface area contributed by atoms with Gasteiger partial charge in [0.15, 0.2) is 11.5 Å². The number of benzene rings is 2. The third-order valence-electron chi connectivity index (χ3n) is 4.13. The molecular weight excluding hydrogens is 352 g/mol. The summed E-state index contributed by atoms with van der Waals surface area (Å²) in [7, 11) is 0. The smallest absolute Gasteiger partial charge is 0.205 e. The summed E-state index contributed by atoms with van der Waals surface area (Å²) in [5.41, 5.74) is 1.92. The van der Waals surface area contributed by atoms with Crippen molar-refractivity contribution in [1.29, 1.82) is 5.26 Å². The lowest BCUT2D eigenvalue weighted by molar-refractivity contribution is 0.104. The summed E-state index contributed by atoms with van der Waals surface area (Å²) < 4.78 is 11.0. The van der Waals surface area contributed by atoms with Gasteiger partial charge in [-0.1, -0.05) is 23.7 Å². The summed E-state index contributed by atoms with van der Waals surface area (Å²) >= 11 is 5.97. The number of ketones is 1. The molecule has 0 radical (unpaired) electrons. The maximum absolute atomic E-state index is 12.8. The molecule has 1 aliphatic heterocycles. The Labute approximate surface area is 154 Å². The van der Waals surface area contributed by atoms with Crippen LogP contribution >= 0.6 is 11.6 Å². The van der Waals surface area contributed by atoms with Crippen LogP contribution in [0.4, 0.5) is 0 Å². The first-order valence-electron chi connectivity index (χ1n) is 7.98. The number of aromatic amines is 1. The van der Waals surface area contributed by atoms with Crippen molar-refractivity contribution in [1.82, 2.24) is 4.98 Å². The van der Waals surface area contributed by atoms with Gasteiger partial charge in [-0.3, -0.25) is 4.79 Å². The van der Waals surface area contributed by atoms with Crippen LogP contribution in [0.3, 0.4) is 0 Å². The first-order valence-corrected chi connectivity index (χ1v) is 8.36. The van der Waals surface area contributed by atoms with Gasteiger partial charge in [-0.05, 0) is 35.9 Å². The van der Waals surface area contributed by atoms with Gasteiger partial charge in [0.25, 0.3) is 0 Å². The normalized spacial score (nSPS) is 13.5. The Bertz CT molecular complexity index is 1090. The fraction of sp³-hybridized carbons (Fsp3) is 0.100. The predicted molar refractivity (Wildman–Crippen MR) is 98.7 cm³/mol. The van der Waals surface area contributed by atoms with Crippen molar-refractivity contribution in [3.63, 3.8) is 0 Å². The zero-order valence-electron chi connectivity index (χ0n) is 13.6. The highest BCUT2D eigenvalue weighted by Crippen LogP contribution is 2.32. The van der Waals surface area contributed by atoms with E-state index in [0.717, 1.165) is 10.9 Å². The molecule has 6 heteroatoms. The third-order valence-corrected chi connectivity index (χ3v) is 4.37. The third kappa shape index (κ3) is 2.92. The van der Waals surface area contributed by atoms with Gasteiger partial charge in [-0.25, -0.2) is 0 Å². The molecule has 26 heavy (non-hydrogen) atoms. The van der Waals surface area contributed by atoms with E-state index in [0.29, 0.717) is 40.9 Å². The number of Topliss-reactive ketones (excluding diaryl/α,β-unsaturated/α-hetero) is 1. The van der Waals surface area contributed by atoms with Gasteiger partial charge in [0.05, 0.1) is 0 Å². The van der Waals surface area contributed by atoms with E-state index in [9.17, 15) is 10.1 Å². The molecular formula is C20H13ClN2O3. The summed E-state index contributed by atoms with van der Waals surface area (Å²) in [5, 5.41) is 10.8. The predicted octanol–water partition coefficient (Wildman–Crippen LogP) is 4.38. The van der Waals surface area contributed by atoms with E-state index in [1.165, 1.54) is 0 Å². The first kappa shape index (κ1) is 16.2. The molecule has 2 aromatic carbocycles. The summed E-state index contributed by atoms with van der Waals surface area (Å²) in [6.07, 6.45) is 3.15. The number of halogens is 1. The number of carbonyl (C=O) groups is 1. The Morgan fingerprint density at radius 3 is 2.77 bits per heavy atom. The quantitative estimate of drug-likeness (QED) is 0.425. The molecule has 0 spiro atoms. The Kier molecular flexibility index (Phi) is 4.11. The van der Waals surface area contributed by atoms with Gasteiger partial charge in [-0.15, -0.1) is 0 Å². The molecule has 0 saturated carbocycles. The number of hydrogen-bond donors (Lipinski definition) is 1. The van der Waals surface area contributed by atoms with Gasteiger partial charge in [0.2, 0.25) is 5.78 Å². The Balaban J connectivity index is 1.71. The van der Waals surface area contributed by atoms with Crippen LogP contribution in [-0.4, -0.2) is 24.0 Å².